The van der Waals surface area contributed by atoms with Gasteiger partial charge in [0.15, 0.2) is 0 Å². The Morgan fingerprint density at radius 1 is 0.931 bits per heavy atom. The number of fused-ring (bicyclic) bond motifs is 1. The number of aromatic nitrogens is 2. The fraction of sp³-hybridized carbons (Fsp3) is 0.167. The number of hydrogen-bond acceptors (Lipinski definition) is 2. The van der Waals surface area contributed by atoms with Gasteiger partial charge in [0.1, 0.15) is 5.82 Å². The second-order valence-electron chi connectivity index (χ2n) is 7.41. The predicted molar refractivity (Wildman–Crippen MR) is 116 cm³/mol. The van der Waals surface area contributed by atoms with Crippen LogP contribution in [0.4, 0.5) is 5.69 Å². The monoisotopic (exact) mass is 401 g/mol. The Hall–Kier alpha value is -3.11. The third kappa shape index (κ3) is 3.40. The lowest BCUT2D eigenvalue weighted by molar-refractivity contribution is -0.117. The van der Waals surface area contributed by atoms with Crippen LogP contribution in [0.3, 0.4) is 0 Å². The minimum Gasteiger partial charge on any atom is -0.323 e. The van der Waals surface area contributed by atoms with Gasteiger partial charge in [-0.15, -0.1) is 0 Å². The molecule has 0 radical (unpaired) electrons. The average molecular weight is 402 g/mol. The zero-order chi connectivity index (χ0) is 19.8. The number of para-hydroxylation sites is 3. The van der Waals surface area contributed by atoms with Crippen molar-refractivity contribution in [1.29, 1.82) is 0 Å². The van der Waals surface area contributed by atoms with Gasteiger partial charge in [0.05, 0.1) is 11.0 Å². The van der Waals surface area contributed by atoms with Gasteiger partial charge in [-0.3, -0.25) is 4.79 Å². The highest BCUT2D eigenvalue weighted by Gasteiger charge is 2.34. The average Bonchev–Trinajstić information content (AvgIpc) is 3.31. The van der Waals surface area contributed by atoms with E-state index < -0.39 is 0 Å². The van der Waals surface area contributed by atoms with E-state index in [1.165, 1.54) is 0 Å². The van der Waals surface area contributed by atoms with Crippen LogP contribution in [0.2, 0.25) is 5.02 Å². The Bertz CT molecular complexity index is 1170. The Morgan fingerprint density at radius 3 is 2.45 bits per heavy atom. The van der Waals surface area contributed by atoms with Crippen LogP contribution in [-0.2, 0) is 11.3 Å². The van der Waals surface area contributed by atoms with Gasteiger partial charge >= 0.3 is 0 Å². The molecule has 4 nitrogen and oxygen atoms in total. The van der Waals surface area contributed by atoms with Crippen molar-refractivity contribution in [3.05, 3.63) is 95.3 Å². The van der Waals surface area contributed by atoms with Gasteiger partial charge in [0.25, 0.3) is 0 Å². The summed E-state index contributed by atoms with van der Waals surface area (Å²) in [5, 5.41) is 0.726. The highest BCUT2D eigenvalue weighted by atomic mass is 35.5. The van der Waals surface area contributed by atoms with E-state index in [0.717, 1.165) is 33.1 Å². The van der Waals surface area contributed by atoms with Gasteiger partial charge in [-0.1, -0.05) is 54.1 Å². The molecule has 144 valence electrons. The van der Waals surface area contributed by atoms with Crippen LogP contribution < -0.4 is 4.90 Å². The number of anilines is 1. The van der Waals surface area contributed by atoms with E-state index in [4.69, 9.17) is 16.6 Å². The van der Waals surface area contributed by atoms with Gasteiger partial charge in [-0.2, -0.15) is 0 Å². The fourth-order valence-electron chi connectivity index (χ4n) is 4.08. The van der Waals surface area contributed by atoms with Crippen molar-refractivity contribution in [3.8, 4) is 0 Å². The van der Waals surface area contributed by atoms with Gasteiger partial charge in [-0.25, -0.2) is 4.98 Å². The molecule has 1 atom stereocenters. The molecule has 3 aromatic carbocycles. The van der Waals surface area contributed by atoms with Gasteiger partial charge in [-0.05, 0) is 42.0 Å². The minimum atomic E-state index is 0.0578. The summed E-state index contributed by atoms with van der Waals surface area (Å²) in [6.07, 6.45) is 0.471. The molecule has 1 aliphatic heterocycles. The Labute approximate surface area is 174 Å². The Morgan fingerprint density at radius 2 is 1.66 bits per heavy atom. The van der Waals surface area contributed by atoms with Crippen LogP contribution in [-0.4, -0.2) is 22.0 Å². The molecule has 5 rings (SSSR count). The zero-order valence-electron chi connectivity index (χ0n) is 15.8. The summed E-state index contributed by atoms with van der Waals surface area (Å²) in [5.74, 6) is 1.17. The highest BCUT2D eigenvalue weighted by molar-refractivity contribution is 6.30. The van der Waals surface area contributed by atoms with E-state index in [2.05, 4.69) is 10.6 Å². The molecule has 4 aromatic rings. The first-order chi connectivity index (χ1) is 14.2. The van der Waals surface area contributed by atoms with Crippen LogP contribution >= 0.6 is 11.6 Å². The van der Waals surface area contributed by atoms with Crippen LogP contribution in [0, 0.1) is 0 Å². The second-order valence-corrected chi connectivity index (χ2v) is 7.85. The molecule has 0 spiro atoms. The number of amides is 1. The van der Waals surface area contributed by atoms with Crippen molar-refractivity contribution in [2.24, 2.45) is 0 Å². The number of nitrogens with zero attached hydrogens (tertiary/aromatic N) is 3. The molecular weight excluding hydrogens is 382 g/mol. The number of hydrogen-bond donors (Lipinski definition) is 0. The lowest BCUT2D eigenvalue weighted by Gasteiger charge is -2.17. The second kappa shape index (κ2) is 7.37. The third-order valence-corrected chi connectivity index (χ3v) is 5.75. The Kier molecular flexibility index (Phi) is 4.57. The van der Waals surface area contributed by atoms with Crippen molar-refractivity contribution in [2.75, 3.05) is 11.4 Å². The van der Waals surface area contributed by atoms with Gasteiger partial charge in [0.2, 0.25) is 5.91 Å². The van der Waals surface area contributed by atoms with Crippen molar-refractivity contribution < 1.29 is 4.79 Å². The molecule has 1 fully saturated rings. The molecule has 29 heavy (non-hydrogen) atoms. The number of carbonyl (C=O) groups is 1. The maximum Gasteiger partial charge on any atom is 0.227 e. The van der Waals surface area contributed by atoms with E-state index in [0.29, 0.717) is 19.5 Å². The van der Waals surface area contributed by atoms with Gasteiger partial charge < -0.3 is 9.47 Å². The van der Waals surface area contributed by atoms with E-state index in [9.17, 15) is 4.79 Å². The number of rotatable bonds is 4. The van der Waals surface area contributed by atoms with Gasteiger partial charge in [0, 0.05) is 36.1 Å². The summed E-state index contributed by atoms with van der Waals surface area (Å²) in [6.45, 7) is 1.34. The predicted octanol–water partition coefficient (Wildman–Crippen LogP) is 5.26. The molecule has 2 heterocycles. The minimum absolute atomic E-state index is 0.0578. The van der Waals surface area contributed by atoms with Crippen LogP contribution in [0.1, 0.15) is 23.7 Å². The number of imidazole rings is 1. The van der Waals surface area contributed by atoms with Crippen molar-refractivity contribution >= 4 is 34.2 Å². The van der Waals surface area contributed by atoms with E-state index in [-0.39, 0.29) is 11.8 Å². The number of carbonyl (C=O) groups excluding carboxylic acids is 1. The zero-order valence-corrected chi connectivity index (χ0v) is 16.6. The molecule has 1 aliphatic rings. The first-order valence-electron chi connectivity index (χ1n) is 9.74. The summed E-state index contributed by atoms with van der Waals surface area (Å²) >= 11 is 6.05. The molecule has 5 heteroatoms. The molecule has 1 amide bonds. The van der Waals surface area contributed by atoms with Crippen LogP contribution in [0.15, 0.2) is 78.9 Å². The molecular formula is C24H20ClN3O. The van der Waals surface area contributed by atoms with E-state index >= 15 is 0 Å². The summed E-state index contributed by atoms with van der Waals surface area (Å²) in [7, 11) is 0. The quantitative estimate of drug-likeness (QED) is 0.468. The standard InChI is InChI=1S/C24H20ClN3O/c25-19-12-10-17(11-13-19)15-28-22-9-5-4-8-21(22)26-24(28)18-14-23(29)27(16-18)20-6-2-1-3-7-20/h1-13,18H,14-16H2/t18-/m0/s1. The van der Waals surface area contributed by atoms with Crippen molar-refractivity contribution in [3.63, 3.8) is 0 Å². The first-order valence-corrected chi connectivity index (χ1v) is 10.1. The van der Waals surface area contributed by atoms with Crippen LogP contribution in [0.25, 0.3) is 11.0 Å². The molecule has 0 aliphatic carbocycles. The summed E-state index contributed by atoms with van der Waals surface area (Å²) < 4.78 is 2.24. The summed E-state index contributed by atoms with van der Waals surface area (Å²) in [4.78, 5) is 19.6. The first kappa shape index (κ1) is 18.0. The van der Waals surface area contributed by atoms with Crippen molar-refractivity contribution in [1.82, 2.24) is 9.55 Å². The SMILES string of the molecule is O=C1C[C@H](c2nc3ccccc3n2Cc2ccc(Cl)cc2)CN1c1ccccc1. The summed E-state index contributed by atoms with van der Waals surface area (Å²) in [5.41, 5.74) is 4.15. The topological polar surface area (TPSA) is 38.1 Å². The molecule has 0 N–H and O–H groups in total. The normalized spacial score (nSPS) is 16.7. The van der Waals surface area contributed by atoms with E-state index in [1.54, 1.807) is 0 Å². The summed E-state index contributed by atoms with van der Waals surface area (Å²) in [6, 6.07) is 25.9. The van der Waals surface area contributed by atoms with Crippen molar-refractivity contribution in [2.45, 2.75) is 18.9 Å². The third-order valence-electron chi connectivity index (χ3n) is 5.50. The fourth-order valence-corrected chi connectivity index (χ4v) is 4.21. The molecule has 1 aromatic heterocycles. The number of benzene rings is 3. The highest BCUT2D eigenvalue weighted by Crippen LogP contribution is 2.33. The maximum atomic E-state index is 12.8. The molecule has 0 unspecified atom stereocenters. The molecule has 0 bridgehead atoms. The Balaban J connectivity index is 1.53. The van der Waals surface area contributed by atoms with Crippen LogP contribution in [0.5, 0.6) is 0 Å². The smallest absolute Gasteiger partial charge is 0.227 e. The molecule has 1 saturated heterocycles. The number of halogens is 1. The lowest BCUT2D eigenvalue weighted by Crippen LogP contribution is -2.24. The lowest BCUT2D eigenvalue weighted by atomic mass is 10.1. The largest absolute Gasteiger partial charge is 0.323 e. The maximum absolute atomic E-state index is 12.8. The molecule has 0 saturated carbocycles. The van der Waals surface area contributed by atoms with E-state index in [1.807, 2.05) is 77.7 Å².